The number of rotatable bonds is 3. The van der Waals surface area contributed by atoms with Gasteiger partial charge in [0.15, 0.2) is 0 Å². The monoisotopic (exact) mass is 204 g/mol. The van der Waals surface area contributed by atoms with Crippen molar-refractivity contribution in [2.24, 2.45) is 0 Å². The van der Waals surface area contributed by atoms with Crippen LogP contribution in [0.1, 0.15) is 18.4 Å². The number of nitrogens with zero attached hydrogens (tertiary/aromatic N) is 1. The van der Waals surface area contributed by atoms with Crippen LogP contribution in [0.15, 0.2) is 24.3 Å². The van der Waals surface area contributed by atoms with Crippen molar-refractivity contribution in [1.29, 1.82) is 0 Å². The third-order valence-electron chi connectivity index (χ3n) is 3.06. The zero-order valence-electron chi connectivity index (χ0n) is 9.28. The van der Waals surface area contributed by atoms with E-state index in [1.54, 1.807) is 0 Å². The van der Waals surface area contributed by atoms with Crippen molar-refractivity contribution < 1.29 is 4.74 Å². The van der Waals surface area contributed by atoms with Gasteiger partial charge in [0.1, 0.15) is 0 Å². The minimum absolute atomic E-state index is 0.477. The van der Waals surface area contributed by atoms with E-state index in [4.69, 9.17) is 4.74 Å². The van der Waals surface area contributed by atoms with Crippen LogP contribution in [0.4, 0.5) is 0 Å². The molecule has 2 rings (SSSR count). The molecular formula is C13H18NO. The number of piperidine rings is 1. The maximum absolute atomic E-state index is 5.36. The molecule has 1 saturated heterocycles. The Kier molecular flexibility index (Phi) is 3.75. The molecule has 0 saturated carbocycles. The van der Waals surface area contributed by atoms with Gasteiger partial charge >= 0.3 is 0 Å². The molecule has 0 spiro atoms. The predicted molar refractivity (Wildman–Crippen MR) is 60.6 cm³/mol. The second kappa shape index (κ2) is 5.29. The van der Waals surface area contributed by atoms with E-state index in [1.165, 1.54) is 5.56 Å². The molecule has 1 aromatic rings. The topological polar surface area (TPSA) is 12.5 Å². The van der Waals surface area contributed by atoms with Gasteiger partial charge in [0.25, 0.3) is 0 Å². The van der Waals surface area contributed by atoms with E-state index in [1.807, 2.05) is 19.2 Å². The van der Waals surface area contributed by atoms with Crippen molar-refractivity contribution in [1.82, 2.24) is 4.90 Å². The fraction of sp³-hybridized carbons (Fsp3) is 0.538. The highest BCUT2D eigenvalue weighted by atomic mass is 16.5. The highest BCUT2D eigenvalue weighted by molar-refractivity contribution is 5.13. The summed E-state index contributed by atoms with van der Waals surface area (Å²) in [6.07, 6.45) is 2.80. The molecule has 1 aliphatic heterocycles. The average molecular weight is 204 g/mol. The molecule has 81 valence electrons. The molecule has 2 heteroatoms. The normalized spacial score (nSPS) is 19.3. The van der Waals surface area contributed by atoms with Gasteiger partial charge in [-0.25, -0.2) is 0 Å². The second-order valence-corrected chi connectivity index (χ2v) is 4.12. The van der Waals surface area contributed by atoms with Gasteiger partial charge in [-0.1, -0.05) is 24.3 Å². The first-order valence-corrected chi connectivity index (χ1v) is 5.58. The first-order chi connectivity index (χ1) is 7.38. The summed E-state index contributed by atoms with van der Waals surface area (Å²) in [5, 5.41) is 0. The number of ether oxygens (including phenoxy) is 1. The summed E-state index contributed by atoms with van der Waals surface area (Å²) < 4.78 is 5.36. The molecule has 0 bridgehead atoms. The van der Waals surface area contributed by atoms with E-state index in [0.29, 0.717) is 6.10 Å². The van der Waals surface area contributed by atoms with Gasteiger partial charge in [0.05, 0.1) is 6.10 Å². The molecule has 1 fully saturated rings. The van der Waals surface area contributed by atoms with Gasteiger partial charge in [0.2, 0.25) is 0 Å². The summed E-state index contributed by atoms with van der Waals surface area (Å²) in [5.74, 6) is 0. The predicted octanol–water partition coefficient (Wildman–Crippen LogP) is 2.10. The zero-order valence-corrected chi connectivity index (χ0v) is 9.28. The molecule has 0 aliphatic carbocycles. The molecule has 0 N–H and O–H groups in total. The number of benzene rings is 1. The van der Waals surface area contributed by atoms with Crippen LogP contribution in [0.2, 0.25) is 0 Å². The summed E-state index contributed by atoms with van der Waals surface area (Å²) in [6, 6.07) is 11.3. The van der Waals surface area contributed by atoms with E-state index in [-0.39, 0.29) is 0 Å². The Morgan fingerprint density at radius 1 is 1.33 bits per heavy atom. The van der Waals surface area contributed by atoms with Crippen LogP contribution in [0.3, 0.4) is 0 Å². The molecule has 0 unspecified atom stereocenters. The van der Waals surface area contributed by atoms with Crippen LogP contribution < -0.4 is 0 Å². The molecular weight excluding hydrogens is 186 g/mol. The van der Waals surface area contributed by atoms with Gasteiger partial charge in [-0.05, 0) is 24.5 Å². The average Bonchev–Trinajstić information content (AvgIpc) is 2.31. The van der Waals surface area contributed by atoms with Crippen LogP contribution in [-0.2, 0) is 11.3 Å². The number of hydrogen-bond donors (Lipinski definition) is 0. The van der Waals surface area contributed by atoms with Crippen molar-refractivity contribution in [2.45, 2.75) is 25.5 Å². The lowest BCUT2D eigenvalue weighted by atomic mass is 10.1. The fourth-order valence-corrected chi connectivity index (χ4v) is 2.09. The Bertz CT molecular complexity index is 278. The van der Waals surface area contributed by atoms with Gasteiger partial charge in [0, 0.05) is 26.7 Å². The van der Waals surface area contributed by atoms with Gasteiger partial charge in [-0.3, -0.25) is 4.90 Å². The smallest absolute Gasteiger partial charge is 0.0595 e. The SMILES string of the molecule is COC1CCN(Cc2cc[c]cc2)CC1. The van der Waals surface area contributed by atoms with Crippen LogP contribution in [-0.4, -0.2) is 31.2 Å². The summed E-state index contributed by atoms with van der Waals surface area (Å²) in [6.45, 7) is 3.36. The summed E-state index contributed by atoms with van der Waals surface area (Å²) in [5.41, 5.74) is 1.38. The summed E-state index contributed by atoms with van der Waals surface area (Å²) in [7, 11) is 1.81. The van der Waals surface area contributed by atoms with E-state index in [0.717, 1.165) is 32.5 Å². The van der Waals surface area contributed by atoms with E-state index < -0.39 is 0 Å². The molecule has 0 atom stereocenters. The molecule has 1 aliphatic rings. The van der Waals surface area contributed by atoms with Crippen molar-refractivity contribution >= 4 is 0 Å². The highest BCUT2D eigenvalue weighted by Gasteiger charge is 2.18. The van der Waals surface area contributed by atoms with Gasteiger partial charge < -0.3 is 4.74 Å². The zero-order chi connectivity index (χ0) is 10.5. The highest BCUT2D eigenvalue weighted by Crippen LogP contribution is 2.15. The Balaban J connectivity index is 1.82. The van der Waals surface area contributed by atoms with E-state index >= 15 is 0 Å². The Morgan fingerprint density at radius 3 is 2.60 bits per heavy atom. The van der Waals surface area contributed by atoms with Crippen molar-refractivity contribution in [3.8, 4) is 0 Å². The van der Waals surface area contributed by atoms with Crippen LogP contribution in [0.5, 0.6) is 0 Å². The maximum Gasteiger partial charge on any atom is 0.0595 e. The lowest BCUT2D eigenvalue weighted by molar-refractivity contribution is 0.0388. The third kappa shape index (κ3) is 3.05. The Morgan fingerprint density at radius 2 is 2.00 bits per heavy atom. The fourth-order valence-electron chi connectivity index (χ4n) is 2.09. The first-order valence-electron chi connectivity index (χ1n) is 5.58. The molecule has 0 aromatic heterocycles. The van der Waals surface area contributed by atoms with Gasteiger partial charge in [-0.15, -0.1) is 0 Å². The number of methoxy groups -OCH3 is 1. The molecule has 2 nitrogen and oxygen atoms in total. The molecule has 1 aromatic carbocycles. The second-order valence-electron chi connectivity index (χ2n) is 4.12. The van der Waals surface area contributed by atoms with Crippen molar-refractivity contribution in [3.63, 3.8) is 0 Å². The maximum atomic E-state index is 5.36. The molecule has 1 heterocycles. The summed E-state index contributed by atoms with van der Waals surface area (Å²) in [4.78, 5) is 2.49. The molecule has 0 amide bonds. The van der Waals surface area contributed by atoms with Crippen LogP contribution in [0.25, 0.3) is 0 Å². The lowest BCUT2D eigenvalue weighted by Gasteiger charge is -2.31. The van der Waals surface area contributed by atoms with Crippen molar-refractivity contribution in [2.75, 3.05) is 20.2 Å². The Labute approximate surface area is 91.9 Å². The van der Waals surface area contributed by atoms with Crippen LogP contribution in [0, 0.1) is 6.07 Å². The quantitative estimate of drug-likeness (QED) is 0.747. The minimum atomic E-state index is 0.477. The standard InChI is InChI=1S/C13H18NO/c1-15-13-7-9-14(10-8-13)11-12-5-3-2-4-6-12/h3-6,13H,7-11H2,1H3. The largest absolute Gasteiger partial charge is 0.381 e. The van der Waals surface area contributed by atoms with E-state index in [9.17, 15) is 0 Å². The minimum Gasteiger partial charge on any atom is -0.381 e. The first kappa shape index (κ1) is 10.7. The summed E-state index contributed by atoms with van der Waals surface area (Å²) >= 11 is 0. The number of hydrogen-bond acceptors (Lipinski definition) is 2. The van der Waals surface area contributed by atoms with Crippen LogP contribution >= 0.6 is 0 Å². The lowest BCUT2D eigenvalue weighted by Crippen LogP contribution is -2.36. The van der Waals surface area contributed by atoms with Crippen molar-refractivity contribution in [3.05, 3.63) is 35.9 Å². The molecule has 15 heavy (non-hydrogen) atoms. The van der Waals surface area contributed by atoms with E-state index in [2.05, 4.69) is 23.1 Å². The van der Waals surface area contributed by atoms with Gasteiger partial charge in [-0.2, -0.15) is 0 Å². The number of likely N-dealkylation sites (tertiary alicyclic amines) is 1. The Hall–Kier alpha value is -0.860. The molecule has 1 radical (unpaired) electrons. The third-order valence-corrected chi connectivity index (χ3v) is 3.06.